The molecule has 1 aliphatic heterocycles. The number of aromatic nitrogens is 2. The molecule has 0 spiro atoms. The molecule has 0 saturated carbocycles. The van der Waals surface area contributed by atoms with Crippen LogP contribution in [0.15, 0.2) is 94.6 Å². The van der Waals surface area contributed by atoms with Gasteiger partial charge in [-0.25, -0.2) is 17.9 Å². The quantitative estimate of drug-likeness (QED) is 0.307. The fourth-order valence-electron chi connectivity index (χ4n) is 5.01. The van der Waals surface area contributed by atoms with Crippen LogP contribution < -0.4 is 15.7 Å². The molecule has 1 aromatic heterocycles. The van der Waals surface area contributed by atoms with Gasteiger partial charge in [0.2, 0.25) is 10.0 Å². The fraction of sp³-hybridized carbons (Fsp3) is 0.267. The van der Waals surface area contributed by atoms with Crippen molar-refractivity contribution >= 4 is 15.9 Å². The molecule has 0 bridgehead atoms. The molecule has 10 heteroatoms. The van der Waals surface area contributed by atoms with E-state index in [0.29, 0.717) is 49.7 Å². The molecular weight excluding hydrogens is 526 g/mol. The Bertz CT molecular complexity index is 1640. The Morgan fingerprint density at radius 3 is 2.20 bits per heavy atom. The standard InChI is InChI=1S/C30H33N5O4S/c1-23-11-8-9-16-26(23)35-27(24-12-4-2-5-13-24)28(29(36)33-21-18-31-19-22-33)34(30(35)37)20-10-17-32-40(38,39)25-14-6-3-7-15-25/h2-9,11-16,31-32H,10,17-22H2,1H3. The summed E-state index contributed by atoms with van der Waals surface area (Å²) in [5.74, 6) is -0.213. The number of piperazine rings is 1. The maximum atomic E-state index is 14.1. The summed E-state index contributed by atoms with van der Waals surface area (Å²) >= 11 is 0. The number of hydrogen-bond donors (Lipinski definition) is 2. The number of nitrogens with zero attached hydrogens (tertiary/aromatic N) is 3. The molecule has 0 aliphatic carbocycles. The number of sulfonamides is 1. The summed E-state index contributed by atoms with van der Waals surface area (Å²) in [5, 5.41) is 3.27. The van der Waals surface area contributed by atoms with Crippen LogP contribution in [0.5, 0.6) is 0 Å². The van der Waals surface area contributed by atoms with E-state index in [0.717, 1.165) is 11.1 Å². The Morgan fingerprint density at radius 2 is 1.52 bits per heavy atom. The average molecular weight is 560 g/mol. The van der Waals surface area contributed by atoms with Crippen molar-refractivity contribution in [3.8, 4) is 16.9 Å². The summed E-state index contributed by atoms with van der Waals surface area (Å²) < 4.78 is 31.2. The molecule has 2 heterocycles. The van der Waals surface area contributed by atoms with E-state index in [1.54, 1.807) is 27.7 Å². The minimum atomic E-state index is -3.69. The van der Waals surface area contributed by atoms with Crippen LogP contribution in [-0.4, -0.2) is 61.1 Å². The van der Waals surface area contributed by atoms with Crippen LogP contribution in [0.3, 0.4) is 0 Å². The first-order valence-electron chi connectivity index (χ1n) is 13.4. The summed E-state index contributed by atoms with van der Waals surface area (Å²) in [6.07, 6.45) is 0.319. The van der Waals surface area contributed by atoms with E-state index < -0.39 is 10.0 Å². The molecule has 208 valence electrons. The molecule has 0 unspecified atom stereocenters. The highest BCUT2D eigenvalue weighted by Gasteiger charge is 2.31. The molecule has 4 aromatic rings. The SMILES string of the molecule is Cc1ccccc1-n1c(-c2ccccc2)c(C(=O)N2CCNCC2)n(CCCNS(=O)(=O)c2ccccc2)c1=O. The molecule has 9 nitrogen and oxygen atoms in total. The normalized spacial score (nSPS) is 13.9. The van der Waals surface area contributed by atoms with Gasteiger partial charge in [0.15, 0.2) is 0 Å². The molecule has 1 saturated heterocycles. The van der Waals surface area contributed by atoms with Crippen molar-refractivity contribution in [3.05, 3.63) is 107 Å². The van der Waals surface area contributed by atoms with Crippen LogP contribution in [0.1, 0.15) is 22.5 Å². The first kappa shape index (κ1) is 27.6. The molecule has 3 aromatic carbocycles. The van der Waals surface area contributed by atoms with Gasteiger partial charge in [-0.3, -0.25) is 13.9 Å². The zero-order valence-electron chi connectivity index (χ0n) is 22.4. The number of imidazole rings is 1. The third kappa shape index (κ3) is 5.65. The minimum Gasteiger partial charge on any atom is -0.335 e. The van der Waals surface area contributed by atoms with E-state index in [1.807, 2.05) is 61.5 Å². The maximum absolute atomic E-state index is 14.1. The van der Waals surface area contributed by atoms with Gasteiger partial charge in [0, 0.05) is 44.8 Å². The van der Waals surface area contributed by atoms with Crippen molar-refractivity contribution < 1.29 is 13.2 Å². The maximum Gasteiger partial charge on any atom is 0.333 e. The third-order valence-corrected chi connectivity index (χ3v) is 8.53. The lowest BCUT2D eigenvalue weighted by Crippen LogP contribution is -2.47. The molecule has 5 rings (SSSR count). The van der Waals surface area contributed by atoms with Crippen LogP contribution in [0.25, 0.3) is 16.9 Å². The lowest BCUT2D eigenvalue weighted by Gasteiger charge is -2.28. The molecular formula is C30H33N5O4S. The Kier molecular flexibility index (Phi) is 8.29. The van der Waals surface area contributed by atoms with E-state index in [4.69, 9.17) is 0 Å². The van der Waals surface area contributed by atoms with E-state index in [9.17, 15) is 18.0 Å². The van der Waals surface area contributed by atoms with Crippen LogP contribution in [0.2, 0.25) is 0 Å². The van der Waals surface area contributed by atoms with Crippen LogP contribution in [0.4, 0.5) is 0 Å². The van der Waals surface area contributed by atoms with Gasteiger partial charge in [0.1, 0.15) is 5.69 Å². The van der Waals surface area contributed by atoms with Crippen molar-refractivity contribution in [1.29, 1.82) is 0 Å². The van der Waals surface area contributed by atoms with E-state index >= 15 is 0 Å². The number of amides is 1. The molecule has 1 aliphatic rings. The van der Waals surface area contributed by atoms with Gasteiger partial charge in [-0.1, -0.05) is 66.7 Å². The summed E-state index contributed by atoms with van der Waals surface area (Å²) in [7, 11) is -3.69. The lowest BCUT2D eigenvalue weighted by atomic mass is 10.1. The van der Waals surface area contributed by atoms with Gasteiger partial charge in [-0.2, -0.15) is 0 Å². The second-order valence-corrected chi connectivity index (χ2v) is 11.5. The highest BCUT2D eigenvalue weighted by atomic mass is 32.2. The number of aryl methyl sites for hydroxylation is 1. The molecule has 1 amide bonds. The second-order valence-electron chi connectivity index (χ2n) is 9.73. The number of nitrogens with one attached hydrogen (secondary N) is 2. The number of benzene rings is 3. The highest BCUT2D eigenvalue weighted by molar-refractivity contribution is 7.89. The van der Waals surface area contributed by atoms with Gasteiger partial charge in [0.05, 0.1) is 16.3 Å². The predicted molar refractivity (Wildman–Crippen MR) is 155 cm³/mol. The van der Waals surface area contributed by atoms with Crippen LogP contribution >= 0.6 is 0 Å². The van der Waals surface area contributed by atoms with E-state index in [-0.39, 0.29) is 29.6 Å². The molecule has 0 atom stereocenters. The monoisotopic (exact) mass is 559 g/mol. The van der Waals surface area contributed by atoms with Gasteiger partial charge in [0.25, 0.3) is 5.91 Å². The van der Waals surface area contributed by atoms with Crippen molar-refractivity contribution in [3.63, 3.8) is 0 Å². The van der Waals surface area contributed by atoms with Crippen molar-refractivity contribution in [2.24, 2.45) is 0 Å². The highest BCUT2D eigenvalue weighted by Crippen LogP contribution is 2.29. The zero-order chi connectivity index (χ0) is 28.1. The number of carbonyl (C=O) groups excluding carboxylic acids is 1. The topological polar surface area (TPSA) is 105 Å². The minimum absolute atomic E-state index is 0.112. The first-order chi connectivity index (χ1) is 19.4. The predicted octanol–water partition coefficient (Wildman–Crippen LogP) is 3.03. The van der Waals surface area contributed by atoms with Crippen LogP contribution in [0, 0.1) is 6.92 Å². The number of carbonyl (C=O) groups is 1. The summed E-state index contributed by atoms with van der Waals surface area (Å²) in [5.41, 5.74) is 2.86. The number of rotatable bonds is 9. The first-order valence-corrected chi connectivity index (χ1v) is 14.9. The number of para-hydroxylation sites is 1. The summed E-state index contributed by atoms with van der Waals surface area (Å²) in [6, 6.07) is 25.2. The van der Waals surface area contributed by atoms with Gasteiger partial charge < -0.3 is 10.2 Å². The number of hydrogen-bond acceptors (Lipinski definition) is 5. The second kappa shape index (κ2) is 12.0. The molecule has 40 heavy (non-hydrogen) atoms. The molecule has 1 fully saturated rings. The fourth-order valence-corrected chi connectivity index (χ4v) is 6.11. The lowest BCUT2D eigenvalue weighted by molar-refractivity contribution is 0.0725. The Hall–Kier alpha value is -3.99. The Morgan fingerprint density at radius 1 is 0.900 bits per heavy atom. The third-order valence-electron chi connectivity index (χ3n) is 7.05. The van der Waals surface area contributed by atoms with Crippen LogP contribution in [-0.2, 0) is 16.6 Å². The summed E-state index contributed by atoms with van der Waals surface area (Å²) in [4.78, 5) is 30.2. The summed E-state index contributed by atoms with van der Waals surface area (Å²) in [6.45, 7) is 4.64. The van der Waals surface area contributed by atoms with Crippen molar-refractivity contribution in [2.45, 2.75) is 24.8 Å². The average Bonchev–Trinajstić information content (AvgIpc) is 3.28. The molecule has 2 N–H and O–H groups in total. The van der Waals surface area contributed by atoms with E-state index in [2.05, 4.69) is 10.0 Å². The Balaban J connectivity index is 1.57. The van der Waals surface area contributed by atoms with Crippen molar-refractivity contribution in [1.82, 2.24) is 24.1 Å². The zero-order valence-corrected chi connectivity index (χ0v) is 23.2. The van der Waals surface area contributed by atoms with Gasteiger partial charge >= 0.3 is 5.69 Å². The Labute approximate surface area is 234 Å². The van der Waals surface area contributed by atoms with Gasteiger partial charge in [-0.05, 0) is 37.1 Å². The largest absolute Gasteiger partial charge is 0.335 e. The molecule has 0 radical (unpaired) electrons. The van der Waals surface area contributed by atoms with Crippen molar-refractivity contribution in [2.75, 3.05) is 32.7 Å². The van der Waals surface area contributed by atoms with Gasteiger partial charge in [-0.15, -0.1) is 0 Å². The van der Waals surface area contributed by atoms with E-state index in [1.165, 1.54) is 16.7 Å². The smallest absolute Gasteiger partial charge is 0.333 e.